The monoisotopic (exact) mass is 391 g/mol. The topological polar surface area (TPSA) is 38.1 Å². The Kier molecular flexibility index (Phi) is 4.71. The van der Waals surface area contributed by atoms with Crippen LogP contribution in [0.3, 0.4) is 0 Å². The van der Waals surface area contributed by atoms with Gasteiger partial charge in [-0.3, -0.25) is 9.48 Å². The molecule has 2 aromatic rings. The molecule has 0 unspecified atom stereocenters. The minimum absolute atomic E-state index is 0.101. The molecule has 0 radical (unpaired) electrons. The highest BCUT2D eigenvalue weighted by molar-refractivity contribution is 5.77. The number of rotatable bonds is 4. The van der Waals surface area contributed by atoms with E-state index in [-0.39, 0.29) is 30.3 Å². The number of hydrogen-bond donors (Lipinski definition) is 0. The third-order valence-corrected chi connectivity index (χ3v) is 5.77. The first-order valence-electron chi connectivity index (χ1n) is 9.75. The van der Waals surface area contributed by atoms with Crippen molar-refractivity contribution in [3.05, 3.63) is 52.8 Å². The number of aryl methyl sites for hydroxylation is 1. The van der Waals surface area contributed by atoms with Crippen LogP contribution in [0, 0.1) is 12.8 Å². The summed E-state index contributed by atoms with van der Waals surface area (Å²) in [4.78, 5) is 14.7. The molecule has 7 heteroatoms. The lowest BCUT2D eigenvalue weighted by atomic mass is 9.94. The molecule has 1 saturated heterocycles. The van der Waals surface area contributed by atoms with Crippen LogP contribution in [-0.2, 0) is 17.5 Å². The van der Waals surface area contributed by atoms with E-state index in [1.807, 2.05) is 31.2 Å². The summed E-state index contributed by atoms with van der Waals surface area (Å²) in [6.07, 6.45) is -1.96. The molecule has 2 aliphatic rings. The highest BCUT2D eigenvalue weighted by Gasteiger charge is 2.40. The van der Waals surface area contributed by atoms with E-state index >= 15 is 0 Å². The number of halogens is 3. The molecule has 150 valence electrons. The zero-order chi connectivity index (χ0) is 20.1. The molecule has 0 N–H and O–H groups in total. The van der Waals surface area contributed by atoms with Crippen LogP contribution in [0.25, 0.3) is 0 Å². The second-order valence-electron chi connectivity index (χ2n) is 8.10. The van der Waals surface area contributed by atoms with E-state index in [0.717, 1.165) is 41.1 Å². The molecule has 2 heterocycles. The number of likely N-dealkylation sites (tertiary alicyclic amines) is 1. The quantitative estimate of drug-likeness (QED) is 0.758. The van der Waals surface area contributed by atoms with Gasteiger partial charge in [0.05, 0.1) is 11.7 Å². The van der Waals surface area contributed by atoms with Gasteiger partial charge in [-0.2, -0.15) is 18.3 Å². The Hall–Kier alpha value is -2.31. The zero-order valence-electron chi connectivity index (χ0n) is 16.0. The summed E-state index contributed by atoms with van der Waals surface area (Å²) >= 11 is 0. The van der Waals surface area contributed by atoms with Gasteiger partial charge < -0.3 is 4.90 Å². The Balaban J connectivity index is 1.59. The average Bonchev–Trinajstić information content (AvgIpc) is 3.26. The van der Waals surface area contributed by atoms with Crippen LogP contribution in [0.1, 0.15) is 60.7 Å². The number of amides is 1. The number of benzene rings is 1. The summed E-state index contributed by atoms with van der Waals surface area (Å²) in [5.41, 5.74) is 1.75. The Labute approximate surface area is 162 Å². The van der Waals surface area contributed by atoms with Crippen LogP contribution in [0.4, 0.5) is 13.2 Å². The fourth-order valence-corrected chi connectivity index (χ4v) is 4.17. The summed E-state index contributed by atoms with van der Waals surface area (Å²) in [5, 5.41) is 4.13. The van der Waals surface area contributed by atoms with Gasteiger partial charge in [-0.15, -0.1) is 0 Å². The first-order chi connectivity index (χ1) is 13.2. The summed E-state index contributed by atoms with van der Waals surface area (Å²) < 4.78 is 41.2. The van der Waals surface area contributed by atoms with Crippen LogP contribution in [0.15, 0.2) is 30.3 Å². The number of hydrogen-bond acceptors (Lipinski definition) is 2. The second-order valence-corrected chi connectivity index (χ2v) is 8.10. The Morgan fingerprint density at radius 2 is 1.96 bits per heavy atom. The fraction of sp³-hybridized carbons (Fsp3) is 0.524. The normalized spacial score (nSPS) is 22.7. The van der Waals surface area contributed by atoms with Crippen LogP contribution in [-0.4, -0.2) is 27.1 Å². The van der Waals surface area contributed by atoms with E-state index in [9.17, 15) is 18.0 Å². The van der Waals surface area contributed by atoms with Crippen LogP contribution < -0.4 is 0 Å². The SMILES string of the molecule is Cc1cccc([C@H]2[C@@H](C)CCN2C(=O)Cn2nc(C3CC3)cc2C(F)(F)F)c1. The van der Waals surface area contributed by atoms with E-state index in [4.69, 9.17) is 0 Å². The number of alkyl halides is 3. The third kappa shape index (κ3) is 3.66. The van der Waals surface area contributed by atoms with E-state index in [1.165, 1.54) is 0 Å². The van der Waals surface area contributed by atoms with Gasteiger partial charge in [0, 0.05) is 12.5 Å². The van der Waals surface area contributed by atoms with Crippen molar-refractivity contribution >= 4 is 5.91 Å². The lowest BCUT2D eigenvalue weighted by Crippen LogP contribution is -2.35. The van der Waals surface area contributed by atoms with Crippen molar-refractivity contribution < 1.29 is 18.0 Å². The molecule has 2 atom stereocenters. The van der Waals surface area contributed by atoms with E-state index < -0.39 is 11.9 Å². The standard InChI is InChI=1S/C21H24F3N3O/c1-13-4-3-5-16(10-13)20-14(2)8-9-26(20)19(28)12-27-18(21(22,23)24)11-17(25-27)15-6-7-15/h3-5,10-11,14-15,20H,6-9,12H2,1-2H3/t14-,20+/m0/s1. The van der Waals surface area contributed by atoms with Crippen molar-refractivity contribution in [2.45, 2.75) is 57.8 Å². The maximum atomic E-state index is 13.4. The minimum atomic E-state index is -4.52. The van der Waals surface area contributed by atoms with Crippen LogP contribution in [0.2, 0.25) is 0 Å². The van der Waals surface area contributed by atoms with Gasteiger partial charge in [-0.05, 0) is 43.7 Å². The summed E-state index contributed by atoms with van der Waals surface area (Å²) in [7, 11) is 0. The molecule has 0 bridgehead atoms. The maximum Gasteiger partial charge on any atom is 0.433 e. The molecule has 1 saturated carbocycles. The number of aromatic nitrogens is 2. The molecule has 4 rings (SSSR count). The molecule has 2 fully saturated rings. The van der Waals surface area contributed by atoms with Crippen molar-refractivity contribution in [3.8, 4) is 0 Å². The predicted octanol–water partition coefficient (Wildman–Crippen LogP) is 4.70. The number of nitrogens with zero attached hydrogens (tertiary/aromatic N) is 3. The van der Waals surface area contributed by atoms with Crippen LogP contribution >= 0.6 is 0 Å². The summed E-state index contributed by atoms with van der Waals surface area (Å²) in [6.45, 7) is 4.25. The molecule has 1 aromatic heterocycles. The van der Waals surface area contributed by atoms with Crippen molar-refractivity contribution in [2.75, 3.05) is 6.54 Å². The highest BCUT2D eigenvalue weighted by atomic mass is 19.4. The smallest absolute Gasteiger partial charge is 0.334 e. The van der Waals surface area contributed by atoms with Gasteiger partial charge in [0.25, 0.3) is 0 Å². The number of carbonyl (C=O) groups is 1. The first kappa shape index (κ1) is 19.0. The lowest BCUT2D eigenvalue weighted by Gasteiger charge is -2.28. The van der Waals surface area contributed by atoms with E-state index in [1.54, 1.807) is 4.90 Å². The second kappa shape index (κ2) is 6.94. The predicted molar refractivity (Wildman–Crippen MR) is 98.6 cm³/mol. The molecular formula is C21H24F3N3O. The first-order valence-corrected chi connectivity index (χ1v) is 9.75. The molecule has 1 aliphatic heterocycles. The molecule has 28 heavy (non-hydrogen) atoms. The largest absolute Gasteiger partial charge is 0.433 e. The maximum absolute atomic E-state index is 13.4. The molecule has 4 nitrogen and oxygen atoms in total. The average molecular weight is 391 g/mol. The van der Waals surface area contributed by atoms with Crippen molar-refractivity contribution in [1.29, 1.82) is 0 Å². The van der Waals surface area contributed by atoms with Gasteiger partial charge in [-0.25, -0.2) is 0 Å². The molecule has 0 spiro atoms. The van der Waals surface area contributed by atoms with Crippen LogP contribution in [0.5, 0.6) is 0 Å². The Morgan fingerprint density at radius 1 is 1.21 bits per heavy atom. The summed E-state index contributed by atoms with van der Waals surface area (Å²) in [6, 6.07) is 8.98. The van der Waals surface area contributed by atoms with Gasteiger partial charge in [0.2, 0.25) is 5.91 Å². The van der Waals surface area contributed by atoms with E-state index in [2.05, 4.69) is 12.0 Å². The van der Waals surface area contributed by atoms with Crippen molar-refractivity contribution in [2.24, 2.45) is 5.92 Å². The molecular weight excluding hydrogens is 367 g/mol. The Morgan fingerprint density at radius 3 is 2.61 bits per heavy atom. The van der Waals surface area contributed by atoms with Gasteiger partial charge in [0.15, 0.2) is 0 Å². The van der Waals surface area contributed by atoms with Crippen molar-refractivity contribution in [3.63, 3.8) is 0 Å². The third-order valence-electron chi connectivity index (χ3n) is 5.77. The fourth-order valence-electron chi connectivity index (χ4n) is 4.17. The van der Waals surface area contributed by atoms with Crippen molar-refractivity contribution in [1.82, 2.24) is 14.7 Å². The summed E-state index contributed by atoms with van der Waals surface area (Å²) in [5.74, 6) is 0.0450. The lowest BCUT2D eigenvalue weighted by molar-refractivity contribution is -0.146. The Bertz CT molecular complexity index is 885. The number of carbonyl (C=O) groups excluding carboxylic acids is 1. The minimum Gasteiger partial charge on any atom is -0.334 e. The van der Waals surface area contributed by atoms with E-state index in [0.29, 0.717) is 12.2 Å². The van der Waals surface area contributed by atoms with Gasteiger partial charge in [-0.1, -0.05) is 36.8 Å². The van der Waals surface area contributed by atoms with Gasteiger partial charge in [0.1, 0.15) is 12.2 Å². The highest BCUT2D eigenvalue weighted by Crippen LogP contribution is 2.42. The zero-order valence-corrected chi connectivity index (χ0v) is 16.0. The molecule has 1 amide bonds. The molecule has 1 aliphatic carbocycles. The molecule has 1 aromatic carbocycles. The van der Waals surface area contributed by atoms with Gasteiger partial charge >= 0.3 is 6.18 Å².